The summed E-state index contributed by atoms with van der Waals surface area (Å²) in [5, 5.41) is 11.4. The molecule has 6 nitrogen and oxygen atoms in total. The monoisotopic (exact) mass is 293 g/mol. The van der Waals surface area contributed by atoms with E-state index in [0.29, 0.717) is 11.1 Å². The molecule has 0 N–H and O–H groups in total. The maximum atomic E-state index is 11.1. The van der Waals surface area contributed by atoms with Gasteiger partial charge in [0, 0.05) is 11.6 Å². The standard InChI is InChI=1S/C13H12ClN3O3/c1-7-4-8(2)11(10(5-7)17(18)19)20-13-9(3)12(14)15-6-16-13/h4-6H,1-3H3. The summed E-state index contributed by atoms with van der Waals surface area (Å²) in [5.41, 5.74) is 1.88. The summed E-state index contributed by atoms with van der Waals surface area (Å²) >= 11 is 5.88. The second kappa shape index (κ2) is 5.42. The van der Waals surface area contributed by atoms with Crippen molar-refractivity contribution in [3.8, 4) is 11.6 Å². The van der Waals surface area contributed by atoms with E-state index in [1.807, 2.05) is 0 Å². The van der Waals surface area contributed by atoms with Crippen LogP contribution in [0.5, 0.6) is 11.6 Å². The molecule has 0 radical (unpaired) electrons. The predicted molar refractivity (Wildman–Crippen MR) is 74.4 cm³/mol. The number of benzene rings is 1. The maximum absolute atomic E-state index is 11.1. The Balaban J connectivity index is 2.53. The van der Waals surface area contributed by atoms with E-state index < -0.39 is 4.92 Å². The van der Waals surface area contributed by atoms with Crippen molar-refractivity contribution < 1.29 is 9.66 Å². The molecule has 1 aromatic heterocycles. The number of hydrogen-bond acceptors (Lipinski definition) is 5. The Hall–Kier alpha value is -2.21. The van der Waals surface area contributed by atoms with Gasteiger partial charge in [0.15, 0.2) is 0 Å². The van der Waals surface area contributed by atoms with Crippen LogP contribution in [0, 0.1) is 30.9 Å². The second-order valence-electron chi connectivity index (χ2n) is 4.38. The zero-order valence-electron chi connectivity index (χ0n) is 11.2. The summed E-state index contributed by atoms with van der Waals surface area (Å²) in [6.45, 7) is 5.22. The number of hydrogen-bond donors (Lipinski definition) is 0. The first-order valence-corrected chi connectivity index (χ1v) is 6.18. The molecule has 0 saturated carbocycles. The van der Waals surface area contributed by atoms with Gasteiger partial charge in [0.2, 0.25) is 11.6 Å². The number of nitro benzene ring substituents is 1. The zero-order chi connectivity index (χ0) is 14.9. The van der Waals surface area contributed by atoms with Gasteiger partial charge in [0.05, 0.1) is 4.92 Å². The first-order chi connectivity index (χ1) is 9.40. The fraction of sp³-hybridized carbons (Fsp3) is 0.231. The Bertz CT molecular complexity index is 689. The van der Waals surface area contributed by atoms with Gasteiger partial charge < -0.3 is 4.74 Å². The molecule has 0 unspecified atom stereocenters. The zero-order valence-corrected chi connectivity index (χ0v) is 11.9. The smallest absolute Gasteiger partial charge is 0.312 e. The third-order valence-corrected chi connectivity index (χ3v) is 3.15. The van der Waals surface area contributed by atoms with Crippen LogP contribution in [-0.2, 0) is 0 Å². The van der Waals surface area contributed by atoms with Crippen LogP contribution in [0.25, 0.3) is 0 Å². The molecular formula is C13H12ClN3O3. The number of nitro groups is 1. The van der Waals surface area contributed by atoms with Crippen molar-refractivity contribution in [1.82, 2.24) is 9.97 Å². The van der Waals surface area contributed by atoms with Crippen LogP contribution in [0.15, 0.2) is 18.5 Å². The molecule has 2 aromatic rings. The van der Waals surface area contributed by atoms with Crippen LogP contribution < -0.4 is 4.74 Å². The van der Waals surface area contributed by atoms with Crippen molar-refractivity contribution in [2.24, 2.45) is 0 Å². The van der Waals surface area contributed by atoms with Crippen molar-refractivity contribution in [3.05, 3.63) is 50.4 Å². The van der Waals surface area contributed by atoms with Crippen molar-refractivity contribution in [2.45, 2.75) is 20.8 Å². The normalized spacial score (nSPS) is 10.4. The van der Waals surface area contributed by atoms with Gasteiger partial charge in [-0.05, 0) is 31.9 Å². The lowest BCUT2D eigenvalue weighted by molar-refractivity contribution is -0.385. The van der Waals surface area contributed by atoms with Crippen molar-refractivity contribution >= 4 is 17.3 Å². The highest BCUT2D eigenvalue weighted by Crippen LogP contribution is 2.36. The molecule has 0 saturated heterocycles. The lowest BCUT2D eigenvalue weighted by atomic mass is 10.1. The lowest BCUT2D eigenvalue weighted by Gasteiger charge is -2.11. The highest BCUT2D eigenvalue weighted by molar-refractivity contribution is 6.30. The average Bonchev–Trinajstić information content (AvgIpc) is 2.37. The van der Waals surface area contributed by atoms with E-state index in [9.17, 15) is 10.1 Å². The maximum Gasteiger partial charge on any atom is 0.312 e. The van der Waals surface area contributed by atoms with Gasteiger partial charge in [-0.2, -0.15) is 0 Å². The van der Waals surface area contributed by atoms with E-state index >= 15 is 0 Å². The predicted octanol–water partition coefficient (Wildman–Crippen LogP) is 3.76. The molecule has 2 rings (SSSR count). The van der Waals surface area contributed by atoms with E-state index in [1.165, 1.54) is 12.4 Å². The summed E-state index contributed by atoms with van der Waals surface area (Å²) in [6, 6.07) is 3.26. The van der Waals surface area contributed by atoms with Crippen molar-refractivity contribution in [1.29, 1.82) is 0 Å². The fourth-order valence-corrected chi connectivity index (χ4v) is 1.94. The molecule has 20 heavy (non-hydrogen) atoms. The molecule has 1 heterocycles. The highest BCUT2D eigenvalue weighted by Gasteiger charge is 2.21. The van der Waals surface area contributed by atoms with Crippen LogP contribution in [0.1, 0.15) is 16.7 Å². The third-order valence-electron chi connectivity index (χ3n) is 2.77. The van der Waals surface area contributed by atoms with Gasteiger partial charge in [-0.15, -0.1) is 0 Å². The molecule has 0 amide bonds. The Morgan fingerprint density at radius 3 is 2.60 bits per heavy atom. The van der Waals surface area contributed by atoms with E-state index in [2.05, 4.69) is 9.97 Å². The van der Waals surface area contributed by atoms with Crippen LogP contribution in [0.2, 0.25) is 5.15 Å². The molecule has 0 aliphatic carbocycles. The summed E-state index contributed by atoms with van der Waals surface area (Å²) in [4.78, 5) is 18.4. The number of nitrogens with zero attached hydrogens (tertiary/aromatic N) is 3. The highest BCUT2D eigenvalue weighted by atomic mass is 35.5. The van der Waals surface area contributed by atoms with Gasteiger partial charge >= 0.3 is 5.69 Å². The summed E-state index contributed by atoms with van der Waals surface area (Å²) in [7, 11) is 0. The molecular weight excluding hydrogens is 282 g/mol. The Kier molecular flexibility index (Phi) is 3.85. The van der Waals surface area contributed by atoms with Crippen LogP contribution >= 0.6 is 11.6 Å². The minimum atomic E-state index is -0.479. The topological polar surface area (TPSA) is 78.2 Å². The van der Waals surface area contributed by atoms with Crippen molar-refractivity contribution in [3.63, 3.8) is 0 Å². The minimum absolute atomic E-state index is 0.100. The number of aromatic nitrogens is 2. The quantitative estimate of drug-likeness (QED) is 0.489. The molecule has 0 atom stereocenters. The minimum Gasteiger partial charge on any atom is -0.431 e. The van der Waals surface area contributed by atoms with Crippen molar-refractivity contribution in [2.75, 3.05) is 0 Å². The number of rotatable bonds is 3. The van der Waals surface area contributed by atoms with Crippen LogP contribution in [0.3, 0.4) is 0 Å². The lowest BCUT2D eigenvalue weighted by Crippen LogP contribution is -2.00. The number of ether oxygens (including phenoxy) is 1. The largest absolute Gasteiger partial charge is 0.431 e. The fourth-order valence-electron chi connectivity index (χ4n) is 1.81. The van der Waals surface area contributed by atoms with Crippen LogP contribution in [-0.4, -0.2) is 14.9 Å². The Morgan fingerprint density at radius 2 is 1.95 bits per heavy atom. The van der Waals surface area contributed by atoms with E-state index in [0.717, 1.165) is 5.56 Å². The average molecular weight is 294 g/mol. The SMILES string of the molecule is Cc1cc(C)c(Oc2ncnc(Cl)c2C)c([N+](=O)[O-])c1. The Labute approximate surface area is 120 Å². The molecule has 0 bridgehead atoms. The summed E-state index contributed by atoms with van der Waals surface area (Å²) < 4.78 is 5.59. The Morgan fingerprint density at radius 1 is 1.25 bits per heavy atom. The molecule has 0 spiro atoms. The molecule has 7 heteroatoms. The van der Waals surface area contributed by atoms with Crippen LogP contribution in [0.4, 0.5) is 5.69 Å². The molecule has 104 valence electrons. The number of aryl methyl sites for hydroxylation is 2. The van der Waals surface area contributed by atoms with E-state index in [4.69, 9.17) is 16.3 Å². The van der Waals surface area contributed by atoms with Gasteiger partial charge in [0.25, 0.3) is 0 Å². The first-order valence-electron chi connectivity index (χ1n) is 5.80. The van der Waals surface area contributed by atoms with Gasteiger partial charge in [-0.25, -0.2) is 9.97 Å². The molecule has 0 fully saturated rings. The second-order valence-corrected chi connectivity index (χ2v) is 4.74. The van der Waals surface area contributed by atoms with Gasteiger partial charge in [-0.3, -0.25) is 10.1 Å². The van der Waals surface area contributed by atoms with E-state index in [1.54, 1.807) is 26.8 Å². The number of halogens is 1. The van der Waals surface area contributed by atoms with E-state index in [-0.39, 0.29) is 22.5 Å². The first kappa shape index (κ1) is 14.2. The van der Waals surface area contributed by atoms with Gasteiger partial charge in [-0.1, -0.05) is 17.7 Å². The molecule has 0 aliphatic rings. The summed E-state index contributed by atoms with van der Waals surface area (Å²) in [6.07, 6.45) is 1.25. The van der Waals surface area contributed by atoms with Gasteiger partial charge in [0.1, 0.15) is 11.5 Å². The molecule has 1 aromatic carbocycles. The summed E-state index contributed by atoms with van der Waals surface area (Å²) in [5.74, 6) is 0.374. The third kappa shape index (κ3) is 2.70. The molecule has 0 aliphatic heterocycles.